The fraction of sp³-hybridized carbons (Fsp3) is 0.389. The summed E-state index contributed by atoms with van der Waals surface area (Å²) >= 11 is 5.70. The monoisotopic (exact) mass is 460 g/mol. The minimum absolute atomic E-state index is 0.0220. The molecule has 11 heteroatoms. The molecule has 0 aliphatic carbocycles. The molecule has 0 aromatic carbocycles. The summed E-state index contributed by atoms with van der Waals surface area (Å²) in [7, 11) is -3.09. The number of nitrogens with zero attached hydrogens (tertiary/aromatic N) is 1. The zero-order chi connectivity index (χ0) is 22.9. The molecule has 164 valence electrons. The summed E-state index contributed by atoms with van der Waals surface area (Å²) in [5.41, 5.74) is 0.175. The van der Waals surface area contributed by atoms with Crippen LogP contribution in [0.3, 0.4) is 0 Å². The Balaban J connectivity index is 5.67. The van der Waals surface area contributed by atoms with Gasteiger partial charge in [-0.2, -0.15) is 22.0 Å². The maximum Gasteiger partial charge on any atom is 0.456 e. The predicted octanol–water partition coefficient (Wildman–Crippen LogP) is 6.34. The minimum atomic E-state index is -5.77. The van der Waals surface area contributed by atoms with E-state index in [9.17, 15) is 26.2 Å². The van der Waals surface area contributed by atoms with Crippen LogP contribution >= 0.6 is 11.6 Å². The van der Waals surface area contributed by atoms with E-state index in [2.05, 4.69) is 16.3 Å². The summed E-state index contributed by atoms with van der Waals surface area (Å²) < 4.78 is 87.1. The van der Waals surface area contributed by atoms with Crippen LogP contribution in [-0.2, 0) is 14.5 Å². The first-order valence-electron chi connectivity index (χ1n) is 8.11. The van der Waals surface area contributed by atoms with E-state index in [0.29, 0.717) is 0 Å². The van der Waals surface area contributed by atoms with Crippen LogP contribution < -0.4 is 0 Å². The zero-order valence-corrected chi connectivity index (χ0v) is 17.6. The highest BCUT2D eigenvalue weighted by molar-refractivity contribution is 7.95. The molecule has 0 saturated carbocycles. The van der Waals surface area contributed by atoms with Gasteiger partial charge in [-0.05, 0) is 37.6 Å². The van der Waals surface area contributed by atoms with Crippen LogP contribution in [0.15, 0.2) is 63.3 Å². The van der Waals surface area contributed by atoms with Gasteiger partial charge in [0.05, 0.1) is 20.5 Å². The summed E-state index contributed by atoms with van der Waals surface area (Å²) in [6, 6.07) is 0. The minimum Gasteiger partial charge on any atom is -0.486 e. The van der Waals surface area contributed by atoms with Crippen molar-refractivity contribution in [1.29, 1.82) is 4.78 Å². The molecule has 0 aromatic rings. The molecular weight excluding hydrogens is 439 g/mol. The highest BCUT2D eigenvalue weighted by Crippen LogP contribution is 2.36. The highest BCUT2D eigenvalue weighted by atomic mass is 35.5. The first-order chi connectivity index (χ1) is 13.2. The van der Waals surface area contributed by atoms with Gasteiger partial charge in [0.25, 0.3) is 0 Å². The number of allylic oxidation sites excluding steroid dienone is 5. The molecule has 0 fully saturated rings. The van der Waals surface area contributed by atoms with Crippen LogP contribution in [0, 0.1) is 4.78 Å². The smallest absolute Gasteiger partial charge is 0.456 e. The van der Waals surface area contributed by atoms with E-state index in [1.165, 1.54) is 19.2 Å². The van der Waals surface area contributed by atoms with E-state index >= 15 is 0 Å². The molecule has 0 aliphatic rings. The lowest BCUT2D eigenvalue weighted by Gasteiger charge is -2.20. The standard InChI is InChI=1S/C18H22ClF5N2O2S/c1-5-7-10-26-15(11-29(25,27)6-2)13(3)8-9-16(14(4)19)28-12-17(20,21)18(22,23)24/h5,7-11,25H,3,6,12H2,1-2,4H3/b7-5-,9-8-,15-11+,16-14-,26-10+. The van der Waals surface area contributed by atoms with Crippen molar-refractivity contribution in [3.8, 4) is 0 Å². The van der Waals surface area contributed by atoms with Crippen LogP contribution in [-0.4, -0.2) is 34.9 Å². The third kappa shape index (κ3) is 9.89. The van der Waals surface area contributed by atoms with Gasteiger partial charge >= 0.3 is 12.1 Å². The molecule has 0 radical (unpaired) electrons. The van der Waals surface area contributed by atoms with E-state index < -0.39 is 34.2 Å². The molecule has 0 bridgehead atoms. The van der Waals surface area contributed by atoms with Gasteiger partial charge in [-0.15, -0.1) is 0 Å². The van der Waals surface area contributed by atoms with E-state index in [1.54, 1.807) is 26.0 Å². The van der Waals surface area contributed by atoms with Gasteiger partial charge in [0.15, 0.2) is 6.61 Å². The number of nitrogens with one attached hydrogen (secondary N) is 1. The molecule has 0 saturated heterocycles. The van der Waals surface area contributed by atoms with Crippen LogP contribution in [0.1, 0.15) is 20.8 Å². The Hall–Kier alpha value is -1.94. The van der Waals surface area contributed by atoms with Gasteiger partial charge in [0.2, 0.25) is 0 Å². The normalized spacial score (nSPS) is 17.1. The number of halogens is 6. The molecule has 0 rings (SSSR count). The van der Waals surface area contributed by atoms with Gasteiger partial charge < -0.3 is 4.74 Å². The Morgan fingerprint density at radius 3 is 2.31 bits per heavy atom. The van der Waals surface area contributed by atoms with Gasteiger partial charge in [-0.25, -0.2) is 8.99 Å². The Morgan fingerprint density at radius 1 is 1.28 bits per heavy atom. The van der Waals surface area contributed by atoms with Crippen molar-refractivity contribution in [2.24, 2.45) is 4.99 Å². The lowest BCUT2D eigenvalue weighted by atomic mass is 10.2. The molecule has 0 amide bonds. The third-order valence-electron chi connectivity index (χ3n) is 3.15. The van der Waals surface area contributed by atoms with Crippen LogP contribution in [0.2, 0.25) is 0 Å². The van der Waals surface area contributed by atoms with Crippen molar-refractivity contribution in [3.05, 3.63) is 58.4 Å². The fourth-order valence-electron chi connectivity index (χ4n) is 1.44. The molecule has 0 aliphatic heterocycles. The average molecular weight is 461 g/mol. The second-order valence-electron chi connectivity index (χ2n) is 5.57. The Morgan fingerprint density at radius 2 is 1.86 bits per heavy atom. The molecule has 1 atom stereocenters. The number of aliphatic imine (C=N–C) groups is 1. The number of rotatable bonds is 10. The summed E-state index contributed by atoms with van der Waals surface area (Å²) in [5, 5.41) is 0.919. The summed E-state index contributed by atoms with van der Waals surface area (Å²) in [6.07, 6.45) is 1.06. The quantitative estimate of drug-likeness (QED) is 0.179. The first kappa shape index (κ1) is 27.1. The number of ether oxygens (including phenoxy) is 1. The maximum absolute atomic E-state index is 13.0. The summed E-state index contributed by atoms with van der Waals surface area (Å²) in [4.78, 5) is 4.03. The van der Waals surface area contributed by atoms with Crippen LogP contribution in [0.4, 0.5) is 22.0 Å². The van der Waals surface area contributed by atoms with Crippen LogP contribution in [0.5, 0.6) is 0 Å². The van der Waals surface area contributed by atoms with Crippen molar-refractivity contribution in [2.75, 3.05) is 12.4 Å². The van der Waals surface area contributed by atoms with Crippen molar-refractivity contribution in [1.82, 2.24) is 0 Å². The Kier molecular flexibility index (Phi) is 10.5. The van der Waals surface area contributed by atoms with E-state index in [4.69, 9.17) is 16.4 Å². The van der Waals surface area contributed by atoms with Gasteiger partial charge in [0.1, 0.15) is 5.76 Å². The number of alkyl halides is 5. The lowest BCUT2D eigenvalue weighted by molar-refractivity contribution is -0.293. The molecule has 0 heterocycles. The zero-order valence-electron chi connectivity index (χ0n) is 16.0. The Labute approximate surface area is 172 Å². The molecular formula is C18H22ClF5N2O2S. The van der Waals surface area contributed by atoms with E-state index in [1.807, 2.05) is 0 Å². The first-order valence-corrected chi connectivity index (χ1v) is 10.3. The molecule has 1 unspecified atom stereocenters. The third-order valence-corrected chi connectivity index (χ3v) is 4.80. The lowest BCUT2D eigenvalue weighted by Crippen LogP contribution is -2.40. The number of hydrogen-bond donors (Lipinski definition) is 1. The summed E-state index contributed by atoms with van der Waals surface area (Å²) in [5.74, 6) is -5.47. The SMILES string of the molecule is C=C(/C=C\C(OCC(F)(F)C(F)(F)F)=C(/C)Cl)C(=C\S(=N)(=O)CC)/N=C/C=C\C. The van der Waals surface area contributed by atoms with E-state index in [0.717, 1.165) is 11.5 Å². The molecule has 0 spiro atoms. The van der Waals surface area contributed by atoms with Crippen molar-refractivity contribution in [2.45, 2.75) is 32.9 Å². The average Bonchev–Trinajstić information content (AvgIpc) is 2.59. The maximum atomic E-state index is 13.0. The second kappa shape index (κ2) is 11.3. The van der Waals surface area contributed by atoms with Gasteiger partial charge in [-0.1, -0.05) is 31.2 Å². The fourth-order valence-corrected chi connectivity index (χ4v) is 2.29. The van der Waals surface area contributed by atoms with E-state index in [-0.39, 0.29) is 22.1 Å². The van der Waals surface area contributed by atoms with Crippen molar-refractivity contribution < 1.29 is 30.9 Å². The Bertz CT molecular complexity index is 835. The molecule has 0 aromatic heterocycles. The predicted molar refractivity (Wildman–Crippen MR) is 107 cm³/mol. The van der Waals surface area contributed by atoms with Crippen molar-refractivity contribution >= 4 is 27.5 Å². The second-order valence-corrected chi connectivity index (χ2v) is 8.40. The summed E-state index contributed by atoms with van der Waals surface area (Å²) in [6.45, 7) is 6.25. The molecule has 29 heavy (non-hydrogen) atoms. The van der Waals surface area contributed by atoms with Crippen molar-refractivity contribution in [3.63, 3.8) is 0 Å². The molecule has 4 nitrogen and oxygen atoms in total. The van der Waals surface area contributed by atoms with Gasteiger partial charge in [-0.3, -0.25) is 4.99 Å². The highest BCUT2D eigenvalue weighted by Gasteiger charge is 2.58. The van der Waals surface area contributed by atoms with Gasteiger partial charge in [0, 0.05) is 17.4 Å². The molecule has 1 N–H and O–H groups in total. The largest absolute Gasteiger partial charge is 0.486 e. The van der Waals surface area contributed by atoms with Crippen LogP contribution in [0.25, 0.3) is 0 Å². The topological polar surface area (TPSA) is 62.5 Å². The number of hydrogen-bond acceptors (Lipinski definition) is 4.